The second-order valence-corrected chi connectivity index (χ2v) is 3.81. The van der Waals surface area contributed by atoms with Crippen molar-refractivity contribution in [2.24, 2.45) is 0 Å². The molecule has 0 radical (unpaired) electrons. The van der Waals surface area contributed by atoms with Crippen LogP contribution in [-0.4, -0.2) is 34.6 Å². The third-order valence-corrected chi connectivity index (χ3v) is 2.43. The number of aromatic nitrogens is 1. The number of rotatable bonds is 5. The van der Waals surface area contributed by atoms with Crippen LogP contribution in [0, 0.1) is 0 Å². The van der Waals surface area contributed by atoms with E-state index in [9.17, 15) is 9.59 Å². The lowest BCUT2D eigenvalue weighted by Crippen LogP contribution is -2.45. The van der Waals surface area contributed by atoms with E-state index in [2.05, 4.69) is 15.6 Å². The Balaban J connectivity index is 2.39. The van der Waals surface area contributed by atoms with Crippen LogP contribution < -0.4 is 10.6 Å². The van der Waals surface area contributed by atoms with Gasteiger partial charge in [-0.15, -0.1) is 0 Å². The molecule has 2 amide bonds. The molecule has 1 aromatic heterocycles. The maximum atomic E-state index is 11.5. The summed E-state index contributed by atoms with van der Waals surface area (Å²) in [7, 11) is 0. The van der Waals surface area contributed by atoms with Gasteiger partial charge in [-0.25, -0.2) is 0 Å². The molecule has 0 aromatic carbocycles. The van der Waals surface area contributed by atoms with Gasteiger partial charge >= 0.3 is 11.8 Å². The van der Waals surface area contributed by atoms with Gasteiger partial charge in [-0.2, -0.15) is 0 Å². The molecule has 0 spiro atoms. The van der Waals surface area contributed by atoms with Crippen molar-refractivity contribution in [1.82, 2.24) is 15.6 Å². The summed E-state index contributed by atoms with van der Waals surface area (Å²) < 4.78 is 0. The molecule has 98 valence electrons. The highest BCUT2D eigenvalue weighted by Gasteiger charge is 2.16. The smallest absolute Gasteiger partial charge is 0.309 e. The van der Waals surface area contributed by atoms with Crippen LogP contribution in [0.4, 0.5) is 0 Å². The van der Waals surface area contributed by atoms with Gasteiger partial charge < -0.3 is 15.7 Å². The van der Waals surface area contributed by atoms with Gasteiger partial charge in [0.25, 0.3) is 0 Å². The Morgan fingerprint density at radius 2 is 2.22 bits per heavy atom. The molecule has 0 fully saturated rings. The maximum Gasteiger partial charge on any atom is 0.309 e. The van der Waals surface area contributed by atoms with Crippen molar-refractivity contribution in [3.8, 4) is 0 Å². The van der Waals surface area contributed by atoms with Crippen LogP contribution in [0.25, 0.3) is 0 Å². The number of nitrogens with one attached hydrogen (secondary N) is 2. The second-order valence-electron chi connectivity index (χ2n) is 3.81. The highest BCUT2D eigenvalue weighted by atomic mass is 16.3. The summed E-state index contributed by atoms with van der Waals surface area (Å²) in [4.78, 5) is 26.8. The average Bonchev–Trinajstić information content (AvgIpc) is 2.42. The number of amides is 2. The molecule has 0 aliphatic rings. The van der Waals surface area contributed by atoms with Crippen LogP contribution in [0.1, 0.15) is 18.9 Å². The molecule has 1 aromatic rings. The van der Waals surface area contributed by atoms with E-state index >= 15 is 0 Å². The van der Waals surface area contributed by atoms with Crippen LogP contribution in [0.2, 0.25) is 0 Å². The summed E-state index contributed by atoms with van der Waals surface area (Å²) in [5, 5.41) is 13.8. The second kappa shape index (κ2) is 7.39. The Labute approximate surface area is 105 Å². The third kappa shape index (κ3) is 4.50. The SMILES string of the molecule is CCC(CO)NC(=O)C(=O)NCc1cccnc1. The highest BCUT2D eigenvalue weighted by molar-refractivity contribution is 6.35. The minimum absolute atomic E-state index is 0.182. The van der Waals surface area contributed by atoms with E-state index in [0.29, 0.717) is 6.42 Å². The van der Waals surface area contributed by atoms with Gasteiger partial charge in [-0.3, -0.25) is 14.6 Å². The zero-order chi connectivity index (χ0) is 13.4. The zero-order valence-corrected chi connectivity index (χ0v) is 10.2. The number of carbonyl (C=O) groups is 2. The quantitative estimate of drug-likeness (QED) is 0.620. The molecule has 0 aliphatic heterocycles. The Morgan fingerprint density at radius 1 is 1.44 bits per heavy atom. The molecule has 6 nitrogen and oxygen atoms in total. The largest absolute Gasteiger partial charge is 0.394 e. The highest BCUT2D eigenvalue weighted by Crippen LogP contribution is 1.94. The molecule has 6 heteroatoms. The fourth-order valence-corrected chi connectivity index (χ4v) is 1.29. The number of aliphatic hydroxyl groups excluding tert-OH is 1. The summed E-state index contributed by atoms with van der Waals surface area (Å²) in [6, 6.07) is 3.16. The summed E-state index contributed by atoms with van der Waals surface area (Å²) >= 11 is 0. The van der Waals surface area contributed by atoms with E-state index in [0.717, 1.165) is 5.56 Å². The predicted octanol–water partition coefficient (Wildman–Crippen LogP) is -0.415. The van der Waals surface area contributed by atoms with Crippen molar-refractivity contribution in [3.63, 3.8) is 0 Å². The number of hydrogen-bond donors (Lipinski definition) is 3. The first-order valence-electron chi connectivity index (χ1n) is 5.75. The number of carbonyl (C=O) groups excluding carboxylic acids is 2. The van der Waals surface area contributed by atoms with Crippen molar-refractivity contribution in [1.29, 1.82) is 0 Å². The Kier molecular flexibility index (Phi) is 5.79. The van der Waals surface area contributed by atoms with E-state index in [1.807, 2.05) is 6.92 Å². The predicted molar refractivity (Wildman–Crippen MR) is 65.4 cm³/mol. The number of nitrogens with zero attached hydrogens (tertiary/aromatic N) is 1. The van der Waals surface area contributed by atoms with Crippen LogP contribution >= 0.6 is 0 Å². The van der Waals surface area contributed by atoms with E-state index in [1.165, 1.54) is 0 Å². The Hall–Kier alpha value is -1.95. The van der Waals surface area contributed by atoms with E-state index in [1.54, 1.807) is 24.5 Å². The minimum atomic E-state index is -0.736. The van der Waals surface area contributed by atoms with Crippen LogP contribution in [-0.2, 0) is 16.1 Å². The zero-order valence-electron chi connectivity index (χ0n) is 10.2. The first-order chi connectivity index (χ1) is 8.67. The average molecular weight is 251 g/mol. The maximum absolute atomic E-state index is 11.5. The Bertz CT molecular complexity index is 391. The van der Waals surface area contributed by atoms with E-state index in [-0.39, 0.29) is 19.2 Å². The number of aliphatic hydroxyl groups is 1. The molecule has 18 heavy (non-hydrogen) atoms. The van der Waals surface area contributed by atoms with Gasteiger partial charge in [0.2, 0.25) is 0 Å². The fraction of sp³-hybridized carbons (Fsp3) is 0.417. The number of pyridine rings is 1. The van der Waals surface area contributed by atoms with Gasteiger partial charge in [0, 0.05) is 18.9 Å². The lowest BCUT2D eigenvalue weighted by Gasteiger charge is -2.13. The molecule has 1 atom stereocenters. The van der Waals surface area contributed by atoms with Crippen molar-refractivity contribution >= 4 is 11.8 Å². The van der Waals surface area contributed by atoms with E-state index < -0.39 is 11.8 Å². The van der Waals surface area contributed by atoms with Crippen molar-refractivity contribution in [2.45, 2.75) is 25.9 Å². The summed E-state index contributed by atoms with van der Waals surface area (Å²) in [6.07, 6.45) is 3.81. The molecule has 0 saturated heterocycles. The monoisotopic (exact) mass is 251 g/mol. The molecule has 0 bridgehead atoms. The summed E-state index contributed by atoms with van der Waals surface area (Å²) in [5.41, 5.74) is 0.813. The molecular formula is C12H17N3O3. The molecule has 3 N–H and O–H groups in total. The van der Waals surface area contributed by atoms with E-state index in [4.69, 9.17) is 5.11 Å². The van der Waals surface area contributed by atoms with Gasteiger partial charge in [0.1, 0.15) is 0 Å². The summed E-state index contributed by atoms with van der Waals surface area (Å²) in [6.45, 7) is 1.88. The molecule has 1 heterocycles. The van der Waals surface area contributed by atoms with Gasteiger partial charge in [0.05, 0.1) is 12.6 Å². The minimum Gasteiger partial charge on any atom is -0.394 e. The third-order valence-electron chi connectivity index (χ3n) is 2.43. The molecule has 0 saturated carbocycles. The lowest BCUT2D eigenvalue weighted by atomic mass is 10.2. The number of hydrogen-bond acceptors (Lipinski definition) is 4. The van der Waals surface area contributed by atoms with Gasteiger partial charge in [-0.05, 0) is 18.1 Å². The fourth-order valence-electron chi connectivity index (χ4n) is 1.29. The summed E-state index contributed by atoms with van der Waals surface area (Å²) in [5.74, 6) is -1.45. The van der Waals surface area contributed by atoms with Crippen LogP contribution in [0.15, 0.2) is 24.5 Å². The van der Waals surface area contributed by atoms with Crippen LogP contribution in [0.5, 0.6) is 0 Å². The van der Waals surface area contributed by atoms with Gasteiger partial charge in [0.15, 0.2) is 0 Å². The molecule has 0 aliphatic carbocycles. The first-order valence-corrected chi connectivity index (χ1v) is 5.75. The standard InChI is InChI=1S/C12H17N3O3/c1-2-10(8-16)15-12(18)11(17)14-7-9-4-3-5-13-6-9/h3-6,10,16H,2,7-8H2,1H3,(H,14,17)(H,15,18). The first kappa shape index (κ1) is 14.1. The lowest BCUT2D eigenvalue weighted by molar-refractivity contribution is -0.139. The molecular weight excluding hydrogens is 234 g/mol. The van der Waals surface area contributed by atoms with Crippen molar-refractivity contribution in [3.05, 3.63) is 30.1 Å². The van der Waals surface area contributed by atoms with Crippen LogP contribution in [0.3, 0.4) is 0 Å². The molecule has 1 rings (SSSR count). The topological polar surface area (TPSA) is 91.3 Å². The van der Waals surface area contributed by atoms with Crippen molar-refractivity contribution < 1.29 is 14.7 Å². The van der Waals surface area contributed by atoms with Gasteiger partial charge in [-0.1, -0.05) is 13.0 Å². The Morgan fingerprint density at radius 3 is 2.78 bits per heavy atom. The molecule has 1 unspecified atom stereocenters. The van der Waals surface area contributed by atoms with Crippen molar-refractivity contribution in [2.75, 3.05) is 6.61 Å². The normalized spacial score (nSPS) is 11.7.